The number of thioether (sulfide) groups is 1. The van der Waals surface area contributed by atoms with Crippen molar-refractivity contribution in [1.82, 2.24) is 5.32 Å². The van der Waals surface area contributed by atoms with Crippen molar-refractivity contribution >= 4 is 11.8 Å². The maximum Gasteiger partial charge on any atom is 0.123 e. The molecule has 2 rings (SSSR count). The molecule has 0 amide bonds. The largest absolute Gasteiger partial charge is 0.298 e. The fourth-order valence-electron chi connectivity index (χ4n) is 1.55. The molecular formula is C10H12FNS. The average molecular weight is 197 g/mol. The van der Waals surface area contributed by atoms with Gasteiger partial charge in [-0.15, -0.1) is 11.8 Å². The lowest BCUT2D eigenvalue weighted by Crippen LogP contribution is -2.30. The van der Waals surface area contributed by atoms with Gasteiger partial charge in [-0.25, -0.2) is 4.39 Å². The highest BCUT2D eigenvalue weighted by atomic mass is 32.2. The van der Waals surface area contributed by atoms with Crippen molar-refractivity contribution in [2.24, 2.45) is 0 Å². The Kier molecular flexibility index (Phi) is 2.30. The van der Waals surface area contributed by atoms with Gasteiger partial charge in [0.05, 0.1) is 4.87 Å². The molecular weight excluding hydrogens is 185 g/mol. The zero-order valence-corrected chi connectivity index (χ0v) is 8.33. The van der Waals surface area contributed by atoms with Crippen LogP contribution in [0.4, 0.5) is 4.39 Å². The van der Waals surface area contributed by atoms with Crippen molar-refractivity contribution in [3.8, 4) is 0 Å². The number of rotatable bonds is 1. The number of halogens is 1. The van der Waals surface area contributed by atoms with E-state index in [1.165, 1.54) is 12.1 Å². The molecule has 1 aromatic carbocycles. The topological polar surface area (TPSA) is 12.0 Å². The fraction of sp³-hybridized carbons (Fsp3) is 0.400. The minimum atomic E-state index is -0.171. The van der Waals surface area contributed by atoms with Gasteiger partial charge in [-0.3, -0.25) is 5.32 Å². The Hall–Kier alpha value is -0.540. The SMILES string of the molecule is CC1(c2ccc(F)cc2)NCCS1. The molecule has 1 heterocycles. The molecule has 1 unspecified atom stereocenters. The van der Waals surface area contributed by atoms with Gasteiger partial charge >= 0.3 is 0 Å². The highest BCUT2D eigenvalue weighted by Gasteiger charge is 2.30. The highest BCUT2D eigenvalue weighted by Crippen LogP contribution is 2.36. The summed E-state index contributed by atoms with van der Waals surface area (Å²) >= 11 is 1.87. The molecule has 0 aliphatic carbocycles. The first-order chi connectivity index (χ1) is 6.21. The Morgan fingerprint density at radius 2 is 2.08 bits per heavy atom. The third-order valence-corrected chi connectivity index (χ3v) is 3.72. The summed E-state index contributed by atoms with van der Waals surface area (Å²) in [6.45, 7) is 3.16. The molecule has 1 aliphatic heterocycles. The van der Waals surface area contributed by atoms with Gasteiger partial charge in [0.15, 0.2) is 0 Å². The van der Waals surface area contributed by atoms with Gasteiger partial charge in [-0.05, 0) is 24.6 Å². The van der Waals surface area contributed by atoms with Crippen LogP contribution in [0.3, 0.4) is 0 Å². The van der Waals surface area contributed by atoms with Crippen molar-refractivity contribution in [1.29, 1.82) is 0 Å². The summed E-state index contributed by atoms with van der Waals surface area (Å²) in [4.78, 5) is -0.0201. The van der Waals surface area contributed by atoms with Gasteiger partial charge in [-0.1, -0.05) is 12.1 Å². The molecule has 1 atom stereocenters. The van der Waals surface area contributed by atoms with Crippen LogP contribution in [0, 0.1) is 5.82 Å². The molecule has 0 saturated carbocycles. The minimum Gasteiger partial charge on any atom is -0.298 e. The Morgan fingerprint density at radius 1 is 1.38 bits per heavy atom. The van der Waals surface area contributed by atoms with Gasteiger partial charge in [0.1, 0.15) is 5.82 Å². The summed E-state index contributed by atoms with van der Waals surface area (Å²) < 4.78 is 12.7. The first-order valence-corrected chi connectivity index (χ1v) is 5.34. The van der Waals surface area contributed by atoms with E-state index < -0.39 is 0 Å². The normalized spacial score (nSPS) is 27.8. The predicted octanol–water partition coefficient (Wildman–Crippen LogP) is 2.33. The zero-order chi connectivity index (χ0) is 9.31. The van der Waals surface area contributed by atoms with E-state index in [-0.39, 0.29) is 10.7 Å². The van der Waals surface area contributed by atoms with Crippen LogP contribution < -0.4 is 5.32 Å². The standard InChI is InChI=1S/C10H12FNS/c1-10(12-6-7-13-10)8-2-4-9(11)5-3-8/h2-5,12H,6-7H2,1H3. The van der Waals surface area contributed by atoms with Crippen molar-refractivity contribution in [2.75, 3.05) is 12.3 Å². The van der Waals surface area contributed by atoms with Crippen LogP contribution in [0.25, 0.3) is 0 Å². The Balaban J connectivity index is 2.29. The van der Waals surface area contributed by atoms with Gasteiger partial charge < -0.3 is 0 Å². The lowest BCUT2D eigenvalue weighted by molar-refractivity contribution is 0.570. The molecule has 0 spiro atoms. The highest BCUT2D eigenvalue weighted by molar-refractivity contribution is 8.00. The maximum atomic E-state index is 12.7. The van der Waals surface area contributed by atoms with E-state index in [9.17, 15) is 4.39 Å². The molecule has 0 aromatic heterocycles. The summed E-state index contributed by atoms with van der Waals surface area (Å²) in [5.41, 5.74) is 1.15. The lowest BCUT2D eigenvalue weighted by Gasteiger charge is -2.23. The predicted molar refractivity (Wildman–Crippen MR) is 54.2 cm³/mol. The molecule has 1 N–H and O–H groups in total. The third-order valence-electron chi connectivity index (χ3n) is 2.35. The summed E-state index contributed by atoms with van der Waals surface area (Å²) in [6, 6.07) is 6.73. The molecule has 0 bridgehead atoms. The van der Waals surface area contributed by atoms with E-state index in [1.54, 1.807) is 0 Å². The van der Waals surface area contributed by atoms with Crippen LogP contribution in [0.5, 0.6) is 0 Å². The van der Waals surface area contributed by atoms with Crippen molar-refractivity contribution in [3.05, 3.63) is 35.6 Å². The summed E-state index contributed by atoms with van der Waals surface area (Å²) in [6.07, 6.45) is 0. The average Bonchev–Trinajstić information content (AvgIpc) is 2.54. The summed E-state index contributed by atoms with van der Waals surface area (Å²) in [7, 11) is 0. The van der Waals surface area contributed by atoms with Crippen LogP contribution in [0.15, 0.2) is 24.3 Å². The van der Waals surface area contributed by atoms with E-state index in [4.69, 9.17) is 0 Å². The molecule has 1 aliphatic rings. The van der Waals surface area contributed by atoms with Crippen LogP contribution in [0.2, 0.25) is 0 Å². The number of benzene rings is 1. The van der Waals surface area contributed by atoms with Crippen LogP contribution in [0.1, 0.15) is 12.5 Å². The molecule has 13 heavy (non-hydrogen) atoms. The van der Waals surface area contributed by atoms with Gasteiger partial charge in [0.2, 0.25) is 0 Å². The fourth-order valence-corrected chi connectivity index (χ4v) is 2.67. The van der Waals surface area contributed by atoms with Crippen LogP contribution in [-0.2, 0) is 4.87 Å². The molecule has 1 fully saturated rings. The number of hydrogen-bond acceptors (Lipinski definition) is 2. The van der Waals surface area contributed by atoms with Gasteiger partial charge in [-0.2, -0.15) is 0 Å². The Morgan fingerprint density at radius 3 is 2.62 bits per heavy atom. The zero-order valence-electron chi connectivity index (χ0n) is 7.51. The smallest absolute Gasteiger partial charge is 0.123 e. The Bertz CT molecular complexity index is 290. The minimum absolute atomic E-state index is 0.0201. The van der Waals surface area contributed by atoms with E-state index in [2.05, 4.69) is 12.2 Å². The van der Waals surface area contributed by atoms with Gasteiger partial charge in [0, 0.05) is 12.3 Å². The van der Waals surface area contributed by atoms with Gasteiger partial charge in [0.25, 0.3) is 0 Å². The van der Waals surface area contributed by atoms with E-state index in [0.717, 1.165) is 17.9 Å². The van der Waals surface area contributed by atoms with Crippen molar-refractivity contribution in [2.45, 2.75) is 11.8 Å². The second-order valence-electron chi connectivity index (χ2n) is 3.32. The Labute approximate surface area is 81.7 Å². The van der Waals surface area contributed by atoms with E-state index in [0.29, 0.717) is 0 Å². The monoisotopic (exact) mass is 197 g/mol. The first kappa shape index (κ1) is 9.03. The third kappa shape index (κ3) is 1.71. The number of nitrogens with one attached hydrogen (secondary N) is 1. The molecule has 1 nitrogen and oxygen atoms in total. The second kappa shape index (κ2) is 3.31. The lowest BCUT2D eigenvalue weighted by atomic mass is 10.1. The number of hydrogen-bond donors (Lipinski definition) is 1. The maximum absolute atomic E-state index is 12.7. The van der Waals surface area contributed by atoms with E-state index >= 15 is 0 Å². The molecule has 70 valence electrons. The quantitative estimate of drug-likeness (QED) is 0.741. The molecule has 1 aromatic rings. The molecule has 0 radical (unpaired) electrons. The van der Waals surface area contributed by atoms with Crippen molar-refractivity contribution in [3.63, 3.8) is 0 Å². The summed E-state index contributed by atoms with van der Waals surface area (Å²) in [5, 5.41) is 3.41. The summed E-state index contributed by atoms with van der Waals surface area (Å²) in [5.74, 6) is 0.948. The van der Waals surface area contributed by atoms with E-state index in [1.807, 2.05) is 23.9 Å². The molecule has 3 heteroatoms. The van der Waals surface area contributed by atoms with Crippen LogP contribution >= 0.6 is 11.8 Å². The first-order valence-electron chi connectivity index (χ1n) is 4.36. The van der Waals surface area contributed by atoms with Crippen LogP contribution in [-0.4, -0.2) is 12.3 Å². The molecule has 1 saturated heterocycles. The van der Waals surface area contributed by atoms with Crippen molar-refractivity contribution < 1.29 is 4.39 Å². The second-order valence-corrected chi connectivity index (χ2v) is 4.83.